The highest BCUT2D eigenvalue weighted by atomic mass is 16.3. The number of carbonyl (C=O) groups excluding carboxylic acids is 6. The molecule has 6 amide bonds. The summed E-state index contributed by atoms with van der Waals surface area (Å²) in [5, 5.41) is 86.6. The smallest absolute Gasteiger partial charge is 0.242 e. The maximum absolute atomic E-state index is 13.9. The number of fused-ring (bicyclic) bond motifs is 10. The second-order valence-corrected chi connectivity index (χ2v) is 31.5. The summed E-state index contributed by atoms with van der Waals surface area (Å²) in [5.74, 6) is 0.728. The number of hydrogen-bond donors (Lipinski definition) is 12. The number of unbranched alkanes of at least 4 members (excludes halogenated alkanes) is 2. The number of amides is 6. The van der Waals surface area contributed by atoms with E-state index in [-0.39, 0.29) is 155 Å². The molecule has 0 saturated heterocycles. The Morgan fingerprint density at radius 3 is 1.22 bits per heavy atom. The summed E-state index contributed by atoms with van der Waals surface area (Å²) in [7, 11) is 0. The molecule has 0 unspecified atom stereocenters. The fourth-order valence-corrected chi connectivity index (χ4v) is 21.3. The SMILES string of the molecule is CC(=O)NCCCC[C@H](NC(=O)CC[C@@H](C)[C@H]1CC[C@H]2[C@@H]3[C@H](O)C[C@@H]4C[C@H](O)CC[C@]4(C)[C@H]3C[C@H](O)[C@]12C)C(=O)NCc1ccc(CNC(=O)[C@H](CCCCNC(C)=O)NC(=O)CC[C@@H](C)[C@H]2CC[C@H]3[C@@H]4[C@H](O)C[C@@H]5C[C@H](O)CC[C@]5(C)[C@H]4C[C@H](O)[C@]23C)cc1. The fourth-order valence-electron chi connectivity index (χ4n) is 21.3. The number of carbonyl (C=O) groups is 6. The minimum Gasteiger partial charge on any atom is -0.393 e. The van der Waals surface area contributed by atoms with E-state index in [1.807, 2.05) is 24.3 Å². The lowest BCUT2D eigenvalue weighted by molar-refractivity contribution is -0.207. The van der Waals surface area contributed by atoms with Gasteiger partial charge in [-0.15, -0.1) is 0 Å². The largest absolute Gasteiger partial charge is 0.393 e. The lowest BCUT2D eigenvalue weighted by Crippen LogP contribution is -2.62. The lowest BCUT2D eigenvalue weighted by atomic mass is 9.43. The van der Waals surface area contributed by atoms with Crippen LogP contribution in [0.3, 0.4) is 0 Å². The molecule has 24 atom stereocenters. The van der Waals surface area contributed by atoms with Gasteiger partial charge in [0.05, 0.1) is 36.6 Å². The molecule has 8 aliphatic rings. The van der Waals surface area contributed by atoms with E-state index >= 15 is 0 Å². The zero-order valence-corrected chi connectivity index (χ0v) is 55.8. The van der Waals surface area contributed by atoms with Crippen LogP contribution in [0.5, 0.6) is 0 Å². The second-order valence-electron chi connectivity index (χ2n) is 31.5. The van der Waals surface area contributed by atoms with E-state index < -0.39 is 47.3 Å². The summed E-state index contributed by atoms with van der Waals surface area (Å²) >= 11 is 0. The Hall–Kier alpha value is -4.20. The molecule has 0 aromatic heterocycles. The average Bonchev–Trinajstić information content (AvgIpc) is 1.34. The van der Waals surface area contributed by atoms with E-state index in [0.29, 0.717) is 90.1 Å². The Morgan fingerprint density at radius 2 is 0.856 bits per heavy atom. The molecule has 1 aromatic carbocycles. The molecule has 0 bridgehead atoms. The van der Waals surface area contributed by atoms with Crippen LogP contribution < -0.4 is 31.9 Å². The molecule has 18 heteroatoms. The van der Waals surface area contributed by atoms with Crippen molar-refractivity contribution >= 4 is 35.4 Å². The maximum Gasteiger partial charge on any atom is 0.242 e. The number of aliphatic hydroxyl groups is 6. The predicted octanol–water partition coefficient (Wildman–Crippen LogP) is 7.26. The van der Waals surface area contributed by atoms with Gasteiger partial charge < -0.3 is 62.5 Å². The first-order valence-corrected chi connectivity index (χ1v) is 35.5. The van der Waals surface area contributed by atoms with Crippen LogP contribution in [0, 0.1) is 92.7 Å². The molecule has 9 rings (SSSR count). The van der Waals surface area contributed by atoms with Gasteiger partial charge in [0.25, 0.3) is 0 Å². The Bertz CT molecular complexity index is 2470. The van der Waals surface area contributed by atoms with Crippen molar-refractivity contribution in [3.05, 3.63) is 35.4 Å². The molecular weight excluding hydrogens is 1140 g/mol. The molecular formula is C72H116N6O12. The summed E-state index contributed by atoms with van der Waals surface area (Å²) in [6.07, 6.45) is 13.5. The third-order valence-electron chi connectivity index (χ3n) is 26.5. The zero-order valence-electron chi connectivity index (χ0n) is 55.8. The summed E-state index contributed by atoms with van der Waals surface area (Å²) in [6, 6.07) is 5.92. The third-order valence-corrected chi connectivity index (χ3v) is 26.5. The van der Waals surface area contributed by atoms with Gasteiger partial charge in [0.2, 0.25) is 35.4 Å². The van der Waals surface area contributed by atoms with Gasteiger partial charge >= 0.3 is 0 Å². The zero-order chi connectivity index (χ0) is 65.0. The normalized spacial score (nSPS) is 38.8. The number of aliphatic hydroxyl groups excluding tert-OH is 6. The van der Waals surface area contributed by atoms with Gasteiger partial charge in [-0.05, 0) is 245 Å². The van der Waals surface area contributed by atoms with Crippen molar-refractivity contribution in [2.24, 2.45) is 92.7 Å². The van der Waals surface area contributed by atoms with Crippen LogP contribution in [0.1, 0.15) is 221 Å². The maximum atomic E-state index is 13.9. The lowest BCUT2D eigenvalue weighted by Gasteiger charge is -2.63. The molecule has 12 N–H and O–H groups in total. The summed E-state index contributed by atoms with van der Waals surface area (Å²) in [6.45, 7) is 17.7. The van der Waals surface area contributed by atoms with Gasteiger partial charge in [-0.2, -0.15) is 0 Å². The summed E-state index contributed by atoms with van der Waals surface area (Å²) < 4.78 is 0. The highest BCUT2D eigenvalue weighted by Crippen LogP contribution is 2.70. The molecule has 0 radical (unpaired) electrons. The quantitative estimate of drug-likeness (QED) is 0.0408. The molecule has 1 aromatic rings. The summed E-state index contributed by atoms with van der Waals surface area (Å²) in [5.41, 5.74) is 0.831. The number of benzene rings is 1. The molecule has 0 aliphatic heterocycles. The monoisotopic (exact) mass is 1260 g/mol. The van der Waals surface area contributed by atoms with Gasteiger partial charge in [-0.1, -0.05) is 65.8 Å². The first-order chi connectivity index (χ1) is 42.7. The highest BCUT2D eigenvalue weighted by molar-refractivity contribution is 5.88. The minimum absolute atomic E-state index is 0.0112. The second kappa shape index (κ2) is 29.6. The van der Waals surface area contributed by atoms with E-state index in [9.17, 15) is 59.4 Å². The van der Waals surface area contributed by atoms with Gasteiger partial charge in [-0.3, -0.25) is 28.8 Å². The Labute approximate surface area is 537 Å². The topological polar surface area (TPSA) is 296 Å². The van der Waals surface area contributed by atoms with Crippen LogP contribution >= 0.6 is 0 Å². The first-order valence-electron chi connectivity index (χ1n) is 35.5. The molecule has 8 fully saturated rings. The molecule has 8 saturated carbocycles. The summed E-state index contributed by atoms with van der Waals surface area (Å²) in [4.78, 5) is 78.7. The van der Waals surface area contributed by atoms with Crippen LogP contribution in [0.15, 0.2) is 24.3 Å². The first kappa shape index (κ1) is 70.1. The van der Waals surface area contributed by atoms with E-state index in [1.165, 1.54) is 13.8 Å². The third kappa shape index (κ3) is 15.0. The van der Waals surface area contributed by atoms with Crippen molar-refractivity contribution in [2.75, 3.05) is 13.1 Å². The van der Waals surface area contributed by atoms with Crippen LogP contribution in [0.2, 0.25) is 0 Å². The van der Waals surface area contributed by atoms with Gasteiger partial charge in [0.1, 0.15) is 12.1 Å². The van der Waals surface area contributed by atoms with E-state index in [1.54, 1.807) is 0 Å². The minimum atomic E-state index is -0.799. The van der Waals surface area contributed by atoms with Gasteiger partial charge in [0.15, 0.2) is 0 Å². The standard InChI is InChI=1S/C72H116N6O12/c1-41(51-21-23-53-65-55(37-61(85)71(51,53)7)69(5)29-27-49(81)33-47(69)35-59(65)83)15-25-63(87)77-57(13-9-11-31-73-43(3)79)67(89)75-39-45-17-19-46(20-18-45)40-76-68(90)58(14-10-12-32-74-44(4)80)78-64(88)26-16-42(2)52-22-24-54-66-56(38-62(86)72(52,54)8)70(6)30-28-50(82)34-48(70)36-60(66)84/h17-20,41-42,47-62,65-66,81-86H,9-16,21-40H2,1-8H3,(H,73,79)(H,74,80)(H,75,89)(H,76,90)(H,77,87)(H,78,88)/t41-,42-,47+,48+,49-,50-,51-,52-,53+,54+,55+,56+,57+,58+,59-,60-,61+,62+,65+,66+,69+,70+,71-,72-/m1/s1. The molecule has 18 nitrogen and oxygen atoms in total. The number of hydrogen-bond acceptors (Lipinski definition) is 12. The average molecular weight is 1260 g/mol. The van der Waals surface area contributed by atoms with E-state index in [0.717, 1.165) is 75.3 Å². The van der Waals surface area contributed by atoms with E-state index in [2.05, 4.69) is 73.4 Å². The molecule has 90 heavy (non-hydrogen) atoms. The Kier molecular flexibility index (Phi) is 23.1. The Balaban J connectivity index is 0.750. The molecule has 8 aliphatic carbocycles. The number of nitrogens with one attached hydrogen (secondary N) is 6. The van der Waals surface area contributed by atoms with Crippen LogP contribution in [-0.2, 0) is 41.9 Å². The highest BCUT2D eigenvalue weighted by Gasteiger charge is 2.67. The van der Waals surface area contributed by atoms with E-state index in [4.69, 9.17) is 0 Å². The predicted molar refractivity (Wildman–Crippen MR) is 344 cm³/mol. The fraction of sp³-hybridized carbons (Fsp3) is 0.833. The van der Waals surface area contributed by atoms with Crippen molar-refractivity contribution in [3.63, 3.8) is 0 Å². The van der Waals surface area contributed by atoms with Crippen molar-refractivity contribution in [1.82, 2.24) is 31.9 Å². The number of rotatable bonds is 26. The van der Waals surface area contributed by atoms with Crippen molar-refractivity contribution in [3.8, 4) is 0 Å². The van der Waals surface area contributed by atoms with Crippen molar-refractivity contribution in [2.45, 2.75) is 271 Å². The molecule has 0 heterocycles. The molecule has 0 spiro atoms. The van der Waals surface area contributed by atoms with Gasteiger partial charge in [0, 0.05) is 52.9 Å². The van der Waals surface area contributed by atoms with Gasteiger partial charge in [-0.25, -0.2) is 0 Å². The van der Waals surface area contributed by atoms with Crippen LogP contribution in [-0.4, -0.2) is 128 Å². The Morgan fingerprint density at radius 1 is 0.478 bits per heavy atom. The van der Waals surface area contributed by atoms with Crippen molar-refractivity contribution < 1.29 is 59.4 Å². The van der Waals surface area contributed by atoms with Crippen LogP contribution in [0.4, 0.5) is 0 Å². The van der Waals surface area contributed by atoms with Crippen LogP contribution in [0.25, 0.3) is 0 Å². The molecule has 506 valence electrons. The van der Waals surface area contributed by atoms with Crippen molar-refractivity contribution in [1.29, 1.82) is 0 Å².